The van der Waals surface area contributed by atoms with Gasteiger partial charge in [-0.2, -0.15) is 0 Å². The quantitative estimate of drug-likeness (QED) is 0.930. The summed E-state index contributed by atoms with van der Waals surface area (Å²) >= 11 is 0. The lowest BCUT2D eigenvalue weighted by Crippen LogP contribution is -2.46. The Bertz CT molecular complexity index is 835. The highest BCUT2D eigenvalue weighted by Gasteiger charge is 2.54. The van der Waals surface area contributed by atoms with Gasteiger partial charge in [-0.3, -0.25) is 4.79 Å². The van der Waals surface area contributed by atoms with Gasteiger partial charge in [0.2, 0.25) is 0 Å². The third-order valence-electron chi connectivity index (χ3n) is 5.89. The van der Waals surface area contributed by atoms with Crippen LogP contribution in [0.1, 0.15) is 24.5 Å². The molecule has 1 aromatic heterocycles. The van der Waals surface area contributed by atoms with Crippen molar-refractivity contribution in [3.05, 3.63) is 35.4 Å². The zero-order valence-electron chi connectivity index (χ0n) is 14.8. The van der Waals surface area contributed by atoms with Crippen molar-refractivity contribution < 1.29 is 14.6 Å². The lowest BCUT2D eigenvalue weighted by molar-refractivity contribution is -0.159. The topological polar surface area (TPSA) is 62.7 Å². The number of carbonyl (C=O) groups is 1. The minimum absolute atomic E-state index is 0.124. The Morgan fingerprint density at radius 2 is 2.28 bits per heavy atom. The van der Waals surface area contributed by atoms with Gasteiger partial charge >= 0.3 is 5.97 Å². The number of aliphatic carboxylic acids is 1. The lowest BCUT2D eigenvalue weighted by Gasteiger charge is -2.33. The summed E-state index contributed by atoms with van der Waals surface area (Å²) in [6.07, 6.45) is 1.81. The molecule has 0 spiro atoms. The standard InChI is InChI=1S/C20H24N2O3/c1-3-14-4-5-17-16(9-14)13(2)8-18(21-17)22-10-15-6-7-25-12-20(15,11-22)19(23)24/h4-5,8-9,15H,3,6-7,10-12H2,1-2H3,(H,23,24)/t15-,20+/m0/s1. The van der Waals surface area contributed by atoms with E-state index in [4.69, 9.17) is 9.72 Å². The fourth-order valence-corrected chi connectivity index (χ4v) is 4.27. The molecule has 2 saturated heterocycles. The van der Waals surface area contributed by atoms with E-state index in [0.717, 1.165) is 30.7 Å². The number of hydrogen-bond donors (Lipinski definition) is 1. The Morgan fingerprint density at radius 1 is 1.44 bits per heavy atom. The number of carboxylic acid groups (broad SMARTS) is 1. The number of pyridine rings is 1. The van der Waals surface area contributed by atoms with Crippen molar-refractivity contribution in [2.24, 2.45) is 11.3 Å². The van der Waals surface area contributed by atoms with Crippen LogP contribution in [0.4, 0.5) is 5.82 Å². The van der Waals surface area contributed by atoms with E-state index >= 15 is 0 Å². The first-order valence-corrected chi connectivity index (χ1v) is 9.00. The zero-order valence-corrected chi connectivity index (χ0v) is 14.8. The van der Waals surface area contributed by atoms with Crippen LogP contribution < -0.4 is 4.90 Å². The van der Waals surface area contributed by atoms with Crippen molar-refractivity contribution in [3.8, 4) is 0 Å². The first-order chi connectivity index (χ1) is 12.0. The van der Waals surface area contributed by atoms with Gasteiger partial charge in [0.1, 0.15) is 11.2 Å². The molecule has 0 bridgehead atoms. The Kier molecular flexibility index (Phi) is 3.91. The van der Waals surface area contributed by atoms with Gasteiger partial charge in [-0.15, -0.1) is 0 Å². The molecule has 5 heteroatoms. The summed E-state index contributed by atoms with van der Waals surface area (Å²) < 4.78 is 5.52. The third-order valence-corrected chi connectivity index (χ3v) is 5.89. The van der Waals surface area contributed by atoms with Crippen LogP contribution in [0.15, 0.2) is 24.3 Å². The van der Waals surface area contributed by atoms with E-state index in [-0.39, 0.29) is 5.92 Å². The van der Waals surface area contributed by atoms with Crippen LogP contribution in [-0.4, -0.2) is 42.4 Å². The van der Waals surface area contributed by atoms with Gasteiger partial charge in [-0.05, 0) is 55.0 Å². The Balaban J connectivity index is 1.72. The number of benzene rings is 1. The monoisotopic (exact) mass is 340 g/mol. The molecular weight excluding hydrogens is 316 g/mol. The number of rotatable bonds is 3. The Labute approximate surface area is 147 Å². The molecule has 2 aliphatic rings. The third kappa shape index (κ3) is 2.58. The predicted octanol–water partition coefficient (Wildman–Crippen LogP) is 3.03. The summed E-state index contributed by atoms with van der Waals surface area (Å²) in [7, 11) is 0. The molecule has 3 heterocycles. The highest BCUT2D eigenvalue weighted by atomic mass is 16.5. The highest BCUT2D eigenvalue weighted by molar-refractivity contribution is 5.85. The lowest BCUT2D eigenvalue weighted by atomic mass is 9.76. The average molecular weight is 340 g/mol. The molecule has 0 saturated carbocycles. The van der Waals surface area contributed by atoms with Crippen LogP contribution in [0.2, 0.25) is 0 Å². The van der Waals surface area contributed by atoms with Crippen LogP contribution in [0.3, 0.4) is 0 Å². The molecular formula is C20H24N2O3. The maximum atomic E-state index is 12.0. The molecule has 2 aromatic rings. The number of ether oxygens (including phenoxy) is 1. The van der Waals surface area contributed by atoms with Gasteiger partial charge in [-0.1, -0.05) is 13.0 Å². The molecule has 0 unspecified atom stereocenters. The maximum Gasteiger partial charge on any atom is 0.314 e. The molecule has 5 nitrogen and oxygen atoms in total. The summed E-state index contributed by atoms with van der Waals surface area (Å²) in [5.41, 5.74) is 2.67. The first-order valence-electron chi connectivity index (χ1n) is 9.00. The molecule has 0 aliphatic carbocycles. The summed E-state index contributed by atoms with van der Waals surface area (Å²) in [6.45, 7) is 6.41. The molecule has 1 N–H and O–H groups in total. The molecule has 2 aliphatic heterocycles. The second-order valence-electron chi connectivity index (χ2n) is 7.38. The minimum Gasteiger partial charge on any atom is -0.481 e. The largest absolute Gasteiger partial charge is 0.481 e. The maximum absolute atomic E-state index is 12.0. The van der Waals surface area contributed by atoms with Crippen LogP contribution >= 0.6 is 0 Å². The molecule has 4 rings (SSSR count). The number of nitrogens with zero attached hydrogens (tertiary/aromatic N) is 2. The van der Waals surface area contributed by atoms with E-state index in [1.165, 1.54) is 16.5 Å². The predicted molar refractivity (Wildman–Crippen MR) is 97.1 cm³/mol. The summed E-state index contributed by atoms with van der Waals surface area (Å²) in [5.74, 6) is 0.257. The van der Waals surface area contributed by atoms with Crippen LogP contribution in [-0.2, 0) is 16.0 Å². The number of anilines is 1. The van der Waals surface area contributed by atoms with E-state index in [0.29, 0.717) is 19.8 Å². The fourth-order valence-electron chi connectivity index (χ4n) is 4.27. The molecule has 0 radical (unpaired) electrons. The van der Waals surface area contributed by atoms with Crippen molar-refractivity contribution in [2.75, 3.05) is 31.2 Å². The Morgan fingerprint density at radius 3 is 3.00 bits per heavy atom. The van der Waals surface area contributed by atoms with Crippen molar-refractivity contribution in [1.82, 2.24) is 4.98 Å². The van der Waals surface area contributed by atoms with E-state index in [1.54, 1.807) is 0 Å². The molecule has 2 atom stereocenters. The molecule has 0 amide bonds. The van der Waals surface area contributed by atoms with Gasteiger partial charge in [0.15, 0.2) is 0 Å². The van der Waals surface area contributed by atoms with Crippen LogP contribution in [0, 0.1) is 18.3 Å². The number of aryl methyl sites for hydroxylation is 2. The highest BCUT2D eigenvalue weighted by Crippen LogP contribution is 2.43. The smallest absolute Gasteiger partial charge is 0.314 e. The van der Waals surface area contributed by atoms with Crippen LogP contribution in [0.5, 0.6) is 0 Å². The fraction of sp³-hybridized carbons (Fsp3) is 0.500. The summed E-state index contributed by atoms with van der Waals surface area (Å²) in [6, 6.07) is 8.49. The van der Waals surface area contributed by atoms with Crippen molar-refractivity contribution in [1.29, 1.82) is 0 Å². The van der Waals surface area contributed by atoms with Gasteiger partial charge in [0, 0.05) is 25.1 Å². The first kappa shape index (κ1) is 16.3. The molecule has 25 heavy (non-hydrogen) atoms. The van der Waals surface area contributed by atoms with Crippen LogP contribution in [0.25, 0.3) is 10.9 Å². The number of hydrogen-bond acceptors (Lipinski definition) is 4. The second-order valence-corrected chi connectivity index (χ2v) is 7.38. The SMILES string of the molecule is CCc1ccc2nc(N3C[C@@H]4CCOC[C@]4(C(=O)O)C3)cc(C)c2c1. The van der Waals surface area contributed by atoms with Gasteiger partial charge in [0.05, 0.1) is 12.1 Å². The van der Waals surface area contributed by atoms with Crippen molar-refractivity contribution in [2.45, 2.75) is 26.7 Å². The van der Waals surface area contributed by atoms with E-state index in [9.17, 15) is 9.90 Å². The van der Waals surface area contributed by atoms with Gasteiger partial charge in [-0.25, -0.2) is 4.98 Å². The molecule has 2 fully saturated rings. The van der Waals surface area contributed by atoms with E-state index < -0.39 is 11.4 Å². The minimum atomic E-state index is -0.797. The molecule has 1 aromatic carbocycles. The average Bonchev–Trinajstić information content (AvgIpc) is 3.02. The van der Waals surface area contributed by atoms with Gasteiger partial charge < -0.3 is 14.7 Å². The van der Waals surface area contributed by atoms with Crippen molar-refractivity contribution in [3.63, 3.8) is 0 Å². The zero-order chi connectivity index (χ0) is 17.6. The van der Waals surface area contributed by atoms with E-state index in [2.05, 4.69) is 43.0 Å². The molecule has 132 valence electrons. The number of fused-ring (bicyclic) bond motifs is 2. The number of carboxylic acids is 1. The normalized spacial score (nSPS) is 26.0. The number of aromatic nitrogens is 1. The summed E-state index contributed by atoms with van der Waals surface area (Å²) in [4.78, 5) is 18.9. The Hall–Kier alpha value is -2.14. The van der Waals surface area contributed by atoms with Crippen molar-refractivity contribution >= 4 is 22.7 Å². The van der Waals surface area contributed by atoms with E-state index in [1.807, 2.05) is 0 Å². The summed E-state index contributed by atoms with van der Waals surface area (Å²) in [5, 5.41) is 11.0. The van der Waals surface area contributed by atoms with Gasteiger partial charge in [0.25, 0.3) is 0 Å². The second kappa shape index (κ2) is 5.99.